The van der Waals surface area contributed by atoms with Gasteiger partial charge < -0.3 is 8.83 Å². The summed E-state index contributed by atoms with van der Waals surface area (Å²) in [4.78, 5) is 4.80. The monoisotopic (exact) mass is 388 g/mol. The van der Waals surface area contributed by atoms with Gasteiger partial charge in [0.1, 0.15) is 0 Å². The molecule has 0 unspecified atom stereocenters. The Morgan fingerprint density at radius 1 is 0.964 bits per heavy atom. The van der Waals surface area contributed by atoms with Crippen molar-refractivity contribution in [2.45, 2.75) is 17.8 Å². The number of para-hydroxylation sites is 2. The SMILES string of the molecule is Cc1ccc(-n2c(SCc3nnc(-c4ccco4)o3)nc3ccccc32)cc1. The number of hydrogen-bond acceptors (Lipinski definition) is 6. The van der Waals surface area contributed by atoms with Gasteiger partial charge >= 0.3 is 0 Å². The summed E-state index contributed by atoms with van der Waals surface area (Å²) < 4.78 is 13.2. The van der Waals surface area contributed by atoms with Gasteiger partial charge in [-0.3, -0.25) is 4.57 Å². The molecule has 0 saturated heterocycles. The van der Waals surface area contributed by atoms with Crippen LogP contribution in [0.3, 0.4) is 0 Å². The molecule has 0 aliphatic carbocycles. The third-order valence-electron chi connectivity index (χ3n) is 4.35. The summed E-state index contributed by atoms with van der Waals surface area (Å²) in [5, 5.41) is 9.05. The van der Waals surface area contributed by atoms with Gasteiger partial charge in [0.25, 0.3) is 5.89 Å². The second-order valence-electron chi connectivity index (χ2n) is 6.32. The molecule has 0 fully saturated rings. The molecule has 138 valence electrons. The molecule has 0 spiro atoms. The number of hydrogen-bond donors (Lipinski definition) is 0. The van der Waals surface area contributed by atoms with Crippen molar-refractivity contribution in [3.8, 4) is 17.3 Å². The van der Waals surface area contributed by atoms with Crippen molar-refractivity contribution >= 4 is 22.8 Å². The predicted octanol–water partition coefficient (Wildman–Crippen LogP) is 5.27. The fourth-order valence-corrected chi connectivity index (χ4v) is 3.85. The van der Waals surface area contributed by atoms with Crippen LogP contribution < -0.4 is 0 Å². The number of nitrogens with zero attached hydrogens (tertiary/aromatic N) is 4. The molecule has 5 aromatic rings. The van der Waals surface area contributed by atoms with E-state index in [1.54, 1.807) is 30.2 Å². The van der Waals surface area contributed by atoms with E-state index in [0.29, 0.717) is 23.3 Å². The Kier molecular flexibility index (Phi) is 4.21. The number of aromatic nitrogens is 4. The Morgan fingerprint density at radius 3 is 2.64 bits per heavy atom. The van der Waals surface area contributed by atoms with Crippen molar-refractivity contribution in [2.75, 3.05) is 0 Å². The molecule has 5 rings (SSSR count). The highest BCUT2D eigenvalue weighted by molar-refractivity contribution is 7.98. The van der Waals surface area contributed by atoms with Crippen LogP contribution in [0.25, 0.3) is 28.4 Å². The van der Waals surface area contributed by atoms with Crippen LogP contribution in [0.1, 0.15) is 11.5 Å². The van der Waals surface area contributed by atoms with Gasteiger partial charge in [0.05, 0.1) is 23.0 Å². The van der Waals surface area contributed by atoms with E-state index in [-0.39, 0.29) is 0 Å². The summed E-state index contributed by atoms with van der Waals surface area (Å²) in [6.07, 6.45) is 1.58. The van der Waals surface area contributed by atoms with Gasteiger partial charge in [-0.05, 0) is 43.3 Å². The van der Waals surface area contributed by atoms with Crippen molar-refractivity contribution in [2.24, 2.45) is 0 Å². The highest BCUT2D eigenvalue weighted by Crippen LogP contribution is 2.30. The standard InChI is InChI=1S/C21H16N4O2S/c1-14-8-10-15(11-9-14)25-17-6-3-2-5-16(17)22-21(25)28-13-19-23-24-20(27-19)18-7-4-12-26-18/h2-12H,13H2,1H3. The van der Waals surface area contributed by atoms with E-state index < -0.39 is 0 Å². The predicted molar refractivity (Wildman–Crippen MR) is 107 cm³/mol. The second-order valence-corrected chi connectivity index (χ2v) is 7.26. The topological polar surface area (TPSA) is 69.9 Å². The molecular formula is C21H16N4O2S. The molecule has 0 radical (unpaired) electrons. The largest absolute Gasteiger partial charge is 0.459 e. The first-order valence-corrected chi connectivity index (χ1v) is 9.80. The van der Waals surface area contributed by atoms with Crippen molar-refractivity contribution in [3.63, 3.8) is 0 Å². The molecule has 28 heavy (non-hydrogen) atoms. The second kappa shape index (κ2) is 7.01. The summed E-state index contributed by atoms with van der Waals surface area (Å²) in [7, 11) is 0. The minimum Gasteiger partial charge on any atom is -0.459 e. The van der Waals surface area contributed by atoms with Crippen molar-refractivity contribution < 1.29 is 8.83 Å². The highest BCUT2D eigenvalue weighted by Gasteiger charge is 2.16. The van der Waals surface area contributed by atoms with E-state index in [0.717, 1.165) is 21.9 Å². The molecule has 0 atom stereocenters. The van der Waals surface area contributed by atoms with Crippen molar-refractivity contribution in [3.05, 3.63) is 78.4 Å². The molecule has 0 aliphatic rings. The van der Waals surface area contributed by atoms with Gasteiger partial charge in [-0.1, -0.05) is 41.6 Å². The maximum atomic E-state index is 5.71. The summed E-state index contributed by atoms with van der Waals surface area (Å²) in [5.41, 5.74) is 4.31. The van der Waals surface area contributed by atoms with Crippen LogP contribution in [0.2, 0.25) is 0 Å². The first-order chi connectivity index (χ1) is 13.8. The van der Waals surface area contributed by atoms with Gasteiger partial charge in [-0.15, -0.1) is 10.2 Å². The maximum absolute atomic E-state index is 5.71. The fourth-order valence-electron chi connectivity index (χ4n) is 2.98. The Balaban J connectivity index is 1.47. The maximum Gasteiger partial charge on any atom is 0.283 e. The third-order valence-corrected chi connectivity index (χ3v) is 5.27. The molecule has 0 N–H and O–H groups in total. The van der Waals surface area contributed by atoms with E-state index in [9.17, 15) is 0 Å². The lowest BCUT2D eigenvalue weighted by molar-refractivity contribution is 0.494. The van der Waals surface area contributed by atoms with Gasteiger partial charge in [0, 0.05) is 5.69 Å². The van der Waals surface area contributed by atoms with E-state index in [2.05, 4.69) is 52.0 Å². The van der Waals surface area contributed by atoms with E-state index in [1.165, 1.54) is 5.56 Å². The zero-order valence-electron chi connectivity index (χ0n) is 15.1. The molecule has 0 saturated carbocycles. The quantitative estimate of drug-likeness (QED) is 0.382. The summed E-state index contributed by atoms with van der Waals surface area (Å²) in [5.74, 6) is 1.99. The van der Waals surface area contributed by atoms with Crippen LogP contribution in [0.15, 0.2) is 80.9 Å². The van der Waals surface area contributed by atoms with Crippen LogP contribution in [0.5, 0.6) is 0 Å². The minimum atomic E-state index is 0.382. The van der Waals surface area contributed by atoms with E-state index in [4.69, 9.17) is 13.8 Å². The zero-order valence-corrected chi connectivity index (χ0v) is 15.9. The van der Waals surface area contributed by atoms with Gasteiger partial charge in [-0.25, -0.2) is 4.98 Å². The Bertz CT molecular complexity index is 1220. The Labute approximate surface area is 165 Å². The minimum absolute atomic E-state index is 0.382. The molecule has 0 aliphatic heterocycles. The normalized spacial score (nSPS) is 11.3. The molecule has 3 aromatic heterocycles. The average Bonchev–Trinajstić information content (AvgIpc) is 3.46. The average molecular weight is 388 g/mol. The van der Waals surface area contributed by atoms with Crippen molar-refractivity contribution in [1.82, 2.24) is 19.7 Å². The lowest BCUT2D eigenvalue weighted by Gasteiger charge is -2.08. The molecule has 2 aromatic carbocycles. The van der Waals surface area contributed by atoms with Crippen molar-refractivity contribution in [1.29, 1.82) is 0 Å². The molecule has 3 heterocycles. The van der Waals surface area contributed by atoms with Gasteiger partial charge in [0.2, 0.25) is 5.89 Å². The highest BCUT2D eigenvalue weighted by atomic mass is 32.2. The summed E-state index contributed by atoms with van der Waals surface area (Å²) >= 11 is 1.56. The van der Waals surface area contributed by atoms with E-state index >= 15 is 0 Å². The first-order valence-electron chi connectivity index (χ1n) is 8.81. The van der Waals surface area contributed by atoms with E-state index in [1.807, 2.05) is 18.2 Å². The van der Waals surface area contributed by atoms with Crippen LogP contribution >= 0.6 is 11.8 Å². The smallest absolute Gasteiger partial charge is 0.283 e. The lowest BCUT2D eigenvalue weighted by Crippen LogP contribution is -1.97. The molecule has 7 heteroatoms. The summed E-state index contributed by atoms with van der Waals surface area (Å²) in [6.45, 7) is 2.08. The number of furan rings is 1. The molecule has 0 bridgehead atoms. The number of imidazole rings is 1. The Hall–Kier alpha value is -3.32. The van der Waals surface area contributed by atoms with Crippen LogP contribution in [0, 0.1) is 6.92 Å². The fraction of sp³-hybridized carbons (Fsp3) is 0.0952. The number of rotatable bonds is 5. The third kappa shape index (κ3) is 3.10. The zero-order chi connectivity index (χ0) is 18.9. The number of thioether (sulfide) groups is 1. The molecule has 0 amide bonds. The molecular weight excluding hydrogens is 372 g/mol. The van der Waals surface area contributed by atoms with Crippen LogP contribution in [-0.4, -0.2) is 19.7 Å². The summed E-state index contributed by atoms with van der Waals surface area (Å²) in [6, 6.07) is 20.1. The molecule has 6 nitrogen and oxygen atoms in total. The number of benzene rings is 2. The van der Waals surface area contributed by atoms with Crippen LogP contribution in [-0.2, 0) is 5.75 Å². The number of fused-ring (bicyclic) bond motifs is 1. The number of aryl methyl sites for hydroxylation is 1. The first kappa shape index (κ1) is 16.8. The lowest BCUT2D eigenvalue weighted by atomic mass is 10.2. The van der Waals surface area contributed by atoms with Crippen LogP contribution in [0.4, 0.5) is 0 Å². The Morgan fingerprint density at radius 2 is 1.82 bits per heavy atom. The van der Waals surface area contributed by atoms with Gasteiger partial charge in [0.15, 0.2) is 10.9 Å². The van der Waals surface area contributed by atoms with Gasteiger partial charge in [-0.2, -0.15) is 0 Å².